The highest BCUT2D eigenvalue weighted by molar-refractivity contribution is 5.77. The fourth-order valence-corrected chi connectivity index (χ4v) is 3.41. The summed E-state index contributed by atoms with van der Waals surface area (Å²) >= 11 is 0. The minimum Gasteiger partial charge on any atom is -0.462 e. The molecule has 0 saturated carbocycles. The molecule has 2 aliphatic heterocycles. The van der Waals surface area contributed by atoms with Crippen LogP contribution in [0.1, 0.15) is 11.4 Å². The summed E-state index contributed by atoms with van der Waals surface area (Å²) in [6.45, 7) is 9.30. The summed E-state index contributed by atoms with van der Waals surface area (Å²) in [5, 5.41) is 4.27. The Hall–Kier alpha value is -3.02. The first-order chi connectivity index (χ1) is 15.7. The van der Waals surface area contributed by atoms with E-state index in [1.807, 2.05) is 25.1 Å². The maximum absolute atomic E-state index is 6.00. The van der Waals surface area contributed by atoms with Crippen LogP contribution in [0.25, 0.3) is 0 Å². The van der Waals surface area contributed by atoms with Crippen LogP contribution in [0.4, 0.5) is 17.3 Å². The van der Waals surface area contributed by atoms with E-state index in [2.05, 4.69) is 35.3 Å². The average Bonchev–Trinajstić information content (AvgIpc) is 2.82. The molecule has 11 heteroatoms. The van der Waals surface area contributed by atoms with Crippen molar-refractivity contribution in [3.05, 3.63) is 29.6 Å². The Morgan fingerprint density at radius 2 is 1.84 bits per heavy atom. The summed E-state index contributed by atoms with van der Waals surface area (Å²) in [7, 11) is 0. The number of morpholine rings is 2. The molecular weight excluding hydrogens is 412 g/mol. The zero-order valence-electron chi connectivity index (χ0n) is 18.4. The average molecular weight is 443 g/mol. The number of nitrogen functional groups attached to an aromatic ring is 1. The predicted molar refractivity (Wildman–Crippen MR) is 122 cm³/mol. The predicted octanol–water partition coefficient (Wildman–Crippen LogP) is 0.756. The lowest BCUT2D eigenvalue weighted by atomic mass is 10.2. The molecule has 1 aromatic heterocycles. The highest BCUT2D eigenvalue weighted by Crippen LogP contribution is 2.19. The molecule has 0 radical (unpaired) electrons. The van der Waals surface area contributed by atoms with Gasteiger partial charge in [-0.1, -0.05) is 6.07 Å². The Balaban J connectivity index is 1.45. The number of hydrazone groups is 1. The summed E-state index contributed by atoms with van der Waals surface area (Å²) in [5.74, 6) is 0.961. The molecule has 0 unspecified atom stereocenters. The molecule has 0 atom stereocenters. The van der Waals surface area contributed by atoms with Gasteiger partial charge in [0.25, 0.3) is 0 Å². The van der Waals surface area contributed by atoms with Gasteiger partial charge in [-0.15, -0.1) is 0 Å². The van der Waals surface area contributed by atoms with Crippen LogP contribution in [-0.2, 0) is 9.47 Å². The largest absolute Gasteiger partial charge is 0.462 e. The molecule has 3 heterocycles. The summed E-state index contributed by atoms with van der Waals surface area (Å²) < 4.78 is 16.7. The van der Waals surface area contributed by atoms with Crippen molar-refractivity contribution in [2.45, 2.75) is 6.92 Å². The first-order valence-electron chi connectivity index (χ1n) is 10.8. The quantitative estimate of drug-likeness (QED) is 0.344. The van der Waals surface area contributed by atoms with Crippen LogP contribution in [-0.4, -0.2) is 91.8 Å². The molecule has 0 bridgehead atoms. The van der Waals surface area contributed by atoms with Crippen LogP contribution in [0.3, 0.4) is 0 Å². The van der Waals surface area contributed by atoms with Crippen molar-refractivity contribution in [3.63, 3.8) is 0 Å². The Bertz CT molecular complexity index is 914. The molecule has 2 aromatic rings. The second kappa shape index (κ2) is 11.0. The fraction of sp³-hybridized carbons (Fsp3) is 0.524. The van der Waals surface area contributed by atoms with Crippen molar-refractivity contribution >= 4 is 23.5 Å². The fourth-order valence-electron chi connectivity index (χ4n) is 3.41. The van der Waals surface area contributed by atoms with E-state index in [0.29, 0.717) is 50.4 Å². The summed E-state index contributed by atoms with van der Waals surface area (Å²) in [5.41, 5.74) is 11.4. The van der Waals surface area contributed by atoms with Crippen molar-refractivity contribution in [2.24, 2.45) is 5.10 Å². The molecule has 172 valence electrons. The van der Waals surface area contributed by atoms with Gasteiger partial charge in [-0.3, -0.25) is 10.3 Å². The van der Waals surface area contributed by atoms with Gasteiger partial charge in [0.15, 0.2) is 5.82 Å². The maximum Gasteiger partial charge on any atom is 0.321 e. The molecular formula is C21H30N8O3. The Morgan fingerprint density at radius 3 is 2.62 bits per heavy atom. The number of benzene rings is 1. The number of nitrogens with two attached hydrogens (primary N) is 1. The van der Waals surface area contributed by atoms with E-state index in [1.54, 1.807) is 6.21 Å². The van der Waals surface area contributed by atoms with Crippen LogP contribution < -0.4 is 20.8 Å². The van der Waals surface area contributed by atoms with Gasteiger partial charge in [0.1, 0.15) is 6.61 Å². The molecule has 32 heavy (non-hydrogen) atoms. The van der Waals surface area contributed by atoms with Crippen molar-refractivity contribution < 1.29 is 14.2 Å². The lowest BCUT2D eigenvalue weighted by Crippen LogP contribution is -2.39. The van der Waals surface area contributed by atoms with E-state index in [9.17, 15) is 0 Å². The summed E-state index contributed by atoms with van der Waals surface area (Å²) in [6.07, 6.45) is 1.54. The van der Waals surface area contributed by atoms with Crippen LogP contribution in [0.15, 0.2) is 23.3 Å². The lowest BCUT2D eigenvalue weighted by molar-refractivity contribution is 0.0317. The van der Waals surface area contributed by atoms with Gasteiger partial charge in [0.05, 0.1) is 44.0 Å². The van der Waals surface area contributed by atoms with Gasteiger partial charge in [0, 0.05) is 32.7 Å². The normalized spacial score (nSPS) is 17.6. The summed E-state index contributed by atoms with van der Waals surface area (Å²) in [4.78, 5) is 17.8. The van der Waals surface area contributed by atoms with Crippen LogP contribution >= 0.6 is 0 Å². The molecule has 0 aliphatic carbocycles. The first kappa shape index (κ1) is 22.2. The number of aryl methyl sites for hydroxylation is 1. The van der Waals surface area contributed by atoms with Crippen LogP contribution in [0, 0.1) is 6.92 Å². The molecule has 1 aromatic carbocycles. The smallest absolute Gasteiger partial charge is 0.321 e. The number of ether oxygens (including phenoxy) is 3. The minimum absolute atomic E-state index is 0.284. The summed E-state index contributed by atoms with van der Waals surface area (Å²) in [6, 6.07) is 6.00. The zero-order valence-corrected chi connectivity index (χ0v) is 18.4. The monoisotopic (exact) mass is 442 g/mol. The van der Waals surface area contributed by atoms with Gasteiger partial charge in [-0.05, 0) is 24.6 Å². The molecule has 2 aliphatic rings. The maximum atomic E-state index is 6.00. The van der Waals surface area contributed by atoms with Crippen molar-refractivity contribution in [1.29, 1.82) is 0 Å². The standard InChI is InChI=1S/C21H30N8O3/c1-16-2-3-17(22)18(14-16)27-23-15-19-24-20(29-7-11-31-12-8-29)26-21(25-19)32-13-6-28-4-9-30-10-5-28/h2-3,14-15,27H,4-13,22H2,1H3. The van der Waals surface area contributed by atoms with Crippen LogP contribution in [0.5, 0.6) is 6.01 Å². The van der Waals surface area contributed by atoms with Crippen molar-refractivity contribution in [1.82, 2.24) is 19.9 Å². The first-order valence-corrected chi connectivity index (χ1v) is 10.8. The van der Waals surface area contributed by atoms with Gasteiger partial charge < -0.3 is 24.8 Å². The molecule has 0 amide bonds. The van der Waals surface area contributed by atoms with Gasteiger partial charge >= 0.3 is 6.01 Å². The third-order valence-electron chi connectivity index (χ3n) is 5.23. The number of aromatic nitrogens is 3. The number of nitrogens with zero attached hydrogens (tertiary/aromatic N) is 6. The number of rotatable bonds is 8. The molecule has 4 rings (SSSR count). The molecule has 2 fully saturated rings. The second-order valence-electron chi connectivity index (χ2n) is 7.64. The van der Waals surface area contributed by atoms with E-state index in [1.165, 1.54) is 0 Å². The Kier molecular flexibility index (Phi) is 7.64. The molecule has 2 saturated heterocycles. The van der Waals surface area contributed by atoms with E-state index in [-0.39, 0.29) is 6.01 Å². The van der Waals surface area contributed by atoms with Crippen molar-refractivity contribution in [3.8, 4) is 6.01 Å². The Morgan fingerprint density at radius 1 is 1.09 bits per heavy atom. The number of hydrogen-bond donors (Lipinski definition) is 2. The highest BCUT2D eigenvalue weighted by atomic mass is 16.5. The third-order valence-corrected chi connectivity index (χ3v) is 5.23. The number of nitrogens with one attached hydrogen (secondary N) is 1. The van der Waals surface area contributed by atoms with E-state index >= 15 is 0 Å². The van der Waals surface area contributed by atoms with Crippen molar-refractivity contribution in [2.75, 3.05) is 81.8 Å². The lowest BCUT2D eigenvalue weighted by Gasteiger charge is -2.27. The minimum atomic E-state index is 0.284. The highest BCUT2D eigenvalue weighted by Gasteiger charge is 2.17. The van der Waals surface area contributed by atoms with E-state index in [4.69, 9.17) is 19.9 Å². The molecule has 11 nitrogen and oxygen atoms in total. The molecule has 3 N–H and O–H groups in total. The van der Waals surface area contributed by atoms with E-state index < -0.39 is 0 Å². The Labute approximate surface area is 187 Å². The third kappa shape index (κ3) is 6.25. The van der Waals surface area contributed by atoms with Gasteiger partial charge in [-0.25, -0.2) is 0 Å². The zero-order chi connectivity index (χ0) is 22.2. The van der Waals surface area contributed by atoms with Gasteiger partial charge in [0.2, 0.25) is 5.95 Å². The topological polar surface area (TPSA) is 123 Å². The second-order valence-corrected chi connectivity index (χ2v) is 7.64. The van der Waals surface area contributed by atoms with E-state index in [0.717, 1.165) is 44.1 Å². The number of anilines is 3. The number of hydrogen-bond acceptors (Lipinski definition) is 11. The van der Waals surface area contributed by atoms with Crippen LogP contribution in [0.2, 0.25) is 0 Å². The SMILES string of the molecule is Cc1ccc(N)c(NN=Cc2nc(OCCN3CCOCC3)nc(N3CCOCC3)n2)c1. The molecule has 0 spiro atoms. The van der Waals surface area contributed by atoms with Gasteiger partial charge in [-0.2, -0.15) is 20.1 Å².